The zero-order valence-corrected chi connectivity index (χ0v) is 28.4. The first-order chi connectivity index (χ1) is 25.5. The molecule has 9 rings (SSSR count). The predicted octanol–water partition coefficient (Wildman–Crippen LogP) is 10.4. The molecule has 0 unspecified atom stereocenters. The Morgan fingerprint density at radius 1 is 0.604 bits per heavy atom. The maximum atomic E-state index is 7.28. The Hall–Kier alpha value is -4.95. The maximum Gasteiger partial charge on any atom is 0.0295 e. The van der Waals surface area contributed by atoms with Crippen molar-refractivity contribution in [1.29, 1.82) is 0 Å². The second-order valence-corrected chi connectivity index (χ2v) is 12.1. The summed E-state index contributed by atoms with van der Waals surface area (Å²) in [5.74, 6) is 0. The van der Waals surface area contributed by atoms with Crippen LogP contribution in [0.5, 0.6) is 0 Å². The first kappa shape index (κ1) is 25.1. The third-order valence-electron chi connectivity index (χ3n) is 9.30. The molecule has 0 aliphatic heterocycles. The summed E-state index contributed by atoms with van der Waals surface area (Å²) in [6.45, 7) is -4.34. The van der Waals surface area contributed by atoms with Gasteiger partial charge >= 0.3 is 0 Å². The van der Waals surface area contributed by atoms with Crippen LogP contribution in [0.25, 0.3) is 44.8 Å². The third-order valence-corrected chi connectivity index (χ3v) is 9.30. The molecule has 235 valence electrons. The second-order valence-electron chi connectivity index (χ2n) is 12.1. The SMILES string of the molecule is [2H]C([2H])([2H])c1c[c-]c(-c2ccc(C([2H])([2H])[2H])cn2)cc1.[Ir].[c-]1ccccc1-c1cc(-c2ccc3c(c2)CC2(C3)c3ccccc3-c3ccccc32)ccn1. The Balaban J connectivity index is 0.000000186. The molecular formula is C45H34IrN2-2. The first-order valence-corrected chi connectivity index (χ1v) is 15.7. The van der Waals surface area contributed by atoms with Gasteiger partial charge in [0.2, 0.25) is 0 Å². The predicted molar refractivity (Wildman–Crippen MR) is 192 cm³/mol. The summed E-state index contributed by atoms with van der Waals surface area (Å²) in [6, 6.07) is 51.1. The number of hydrogen-bond donors (Lipinski definition) is 0. The van der Waals surface area contributed by atoms with E-state index in [1.54, 1.807) is 12.1 Å². The van der Waals surface area contributed by atoms with Crippen LogP contribution in [0.15, 0.2) is 146 Å². The van der Waals surface area contributed by atoms with Gasteiger partial charge in [-0.15, -0.1) is 71.3 Å². The topological polar surface area (TPSA) is 25.8 Å². The molecule has 5 aromatic carbocycles. The maximum absolute atomic E-state index is 7.28. The van der Waals surface area contributed by atoms with Crippen molar-refractivity contribution in [3.05, 3.63) is 191 Å². The average Bonchev–Trinajstić information content (AvgIpc) is 3.70. The van der Waals surface area contributed by atoms with Crippen LogP contribution in [0.2, 0.25) is 0 Å². The summed E-state index contributed by atoms with van der Waals surface area (Å²) < 4.78 is 43.6. The smallest absolute Gasteiger partial charge is 0.0295 e. The standard InChI is InChI=1S/C32H22N.C13H12N.Ir/c1-2-8-22(9-3-1)31-19-24(16-17-33-31)23-14-15-25-20-32(21-26(25)18-23)29-12-6-4-10-27(29)28-11-5-7-13-30(28)32;1-10-3-6-12(7-4-10)13-8-5-11(2)9-14-13;/h1-8,10-19H,20-21H2;3-6,8-9H,1-2H3;/q2*-1;/i;1D3,2D3;. The van der Waals surface area contributed by atoms with Gasteiger partial charge in [0.15, 0.2) is 0 Å². The quantitative estimate of drug-likeness (QED) is 0.166. The summed E-state index contributed by atoms with van der Waals surface area (Å²) in [5.41, 5.74) is 14.7. The molecule has 0 N–H and O–H groups in total. The Labute approximate surface area is 305 Å². The number of nitrogens with zero attached hydrogens (tertiary/aromatic N) is 2. The molecule has 2 aliphatic carbocycles. The van der Waals surface area contributed by atoms with Crippen molar-refractivity contribution < 1.29 is 28.3 Å². The molecule has 2 nitrogen and oxygen atoms in total. The van der Waals surface area contributed by atoms with E-state index in [0.29, 0.717) is 11.3 Å². The Morgan fingerprint density at radius 3 is 2.00 bits per heavy atom. The van der Waals surface area contributed by atoms with Gasteiger partial charge in [-0.2, -0.15) is 0 Å². The van der Waals surface area contributed by atoms with Crippen molar-refractivity contribution in [1.82, 2.24) is 9.97 Å². The van der Waals surface area contributed by atoms with Crippen molar-refractivity contribution in [2.24, 2.45) is 0 Å². The molecule has 0 saturated carbocycles. The Bertz CT molecular complexity index is 2320. The second kappa shape index (κ2) is 13.3. The average molecular weight is 801 g/mol. The molecule has 0 fully saturated rings. The minimum atomic E-state index is -2.18. The molecule has 0 amide bonds. The Kier molecular flexibility index (Phi) is 6.95. The monoisotopic (exact) mass is 801 g/mol. The van der Waals surface area contributed by atoms with E-state index < -0.39 is 13.7 Å². The van der Waals surface area contributed by atoms with Gasteiger partial charge in [-0.25, -0.2) is 0 Å². The van der Waals surface area contributed by atoms with Gasteiger partial charge < -0.3 is 9.97 Å². The van der Waals surface area contributed by atoms with Crippen LogP contribution in [0, 0.1) is 25.8 Å². The van der Waals surface area contributed by atoms with Gasteiger partial charge in [-0.3, -0.25) is 0 Å². The minimum absolute atomic E-state index is 0. The molecule has 2 aromatic heterocycles. The zero-order valence-electron chi connectivity index (χ0n) is 32.0. The molecule has 2 heterocycles. The number of fused-ring (bicyclic) bond motifs is 6. The van der Waals surface area contributed by atoms with Gasteiger partial charge in [0.1, 0.15) is 0 Å². The molecule has 1 radical (unpaired) electrons. The molecule has 1 spiro atoms. The van der Waals surface area contributed by atoms with Crippen molar-refractivity contribution in [3.8, 4) is 44.8 Å². The van der Waals surface area contributed by atoms with Gasteiger partial charge in [0, 0.05) is 46.1 Å². The fraction of sp³-hybridized carbons (Fsp3) is 0.111. The molecule has 2 aliphatic rings. The van der Waals surface area contributed by atoms with E-state index >= 15 is 0 Å². The molecule has 3 heteroatoms. The molecule has 0 saturated heterocycles. The normalized spacial score (nSPS) is 15.4. The van der Waals surface area contributed by atoms with Crippen molar-refractivity contribution in [2.75, 3.05) is 0 Å². The zero-order chi connectivity index (χ0) is 36.8. The Morgan fingerprint density at radius 2 is 1.31 bits per heavy atom. The van der Waals surface area contributed by atoms with Crippen LogP contribution in [-0.2, 0) is 38.4 Å². The summed E-state index contributed by atoms with van der Waals surface area (Å²) >= 11 is 0. The molecule has 48 heavy (non-hydrogen) atoms. The van der Waals surface area contributed by atoms with Crippen LogP contribution in [0.1, 0.15) is 41.6 Å². The summed E-state index contributed by atoms with van der Waals surface area (Å²) in [6.07, 6.45) is 5.32. The summed E-state index contributed by atoms with van der Waals surface area (Å²) in [4.78, 5) is 8.66. The van der Waals surface area contributed by atoms with Gasteiger partial charge in [0.05, 0.1) is 0 Å². The van der Waals surface area contributed by atoms with Crippen LogP contribution >= 0.6 is 0 Å². The van der Waals surface area contributed by atoms with E-state index in [1.165, 1.54) is 68.9 Å². The van der Waals surface area contributed by atoms with E-state index in [-0.39, 0.29) is 36.6 Å². The molecule has 0 atom stereocenters. The summed E-state index contributed by atoms with van der Waals surface area (Å²) in [5, 5.41) is 0. The number of pyridine rings is 2. The number of aryl methyl sites for hydroxylation is 2. The third kappa shape index (κ3) is 5.85. The molecular weight excluding hydrogens is 761 g/mol. The molecule has 0 bridgehead atoms. The number of rotatable bonds is 3. The van der Waals surface area contributed by atoms with Crippen molar-refractivity contribution in [2.45, 2.75) is 32.0 Å². The minimum Gasteiger partial charge on any atom is -0.305 e. The number of aromatic nitrogens is 2. The number of benzene rings is 5. The van der Waals surface area contributed by atoms with Crippen LogP contribution < -0.4 is 0 Å². The van der Waals surface area contributed by atoms with Crippen molar-refractivity contribution in [3.63, 3.8) is 0 Å². The van der Waals surface area contributed by atoms with Crippen LogP contribution in [0.4, 0.5) is 0 Å². The fourth-order valence-electron chi connectivity index (χ4n) is 7.10. The van der Waals surface area contributed by atoms with Crippen LogP contribution in [-0.4, -0.2) is 9.97 Å². The summed E-state index contributed by atoms with van der Waals surface area (Å²) in [7, 11) is 0. The molecule has 7 aromatic rings. The van der Waals surface area contributed by atoms with Crippen LogP contribution in [0.3, 0.4) is 0 Å². The first-order valence-electron chi connectivity index (χ1n) is 18.7. The van der Waals surface area contributed by atoms with E-state index in [1.807, 2.05) is 24.4 Å². The van der Waals surface area contributed by atoms with E-state index in [4.69, 9.17) is 8.22 Å². The van der Waals surface area contributed by atoms with Gasteiger partial charge in [-0.05, 0) is 87.2 Å². The van der Waals surface area contributed by atoms with E-state index in [9.17, 15) is 0 Å². The van der Waals surface area contributed by atoms with Gasteiger partial charge in [-0.1, -0.05) is 91.8 Å². The van der Waals surface area contributed by atoms with E-state index in [2.05, 4.69) is 107 Å². The number of hydrogen-bond acceptors (Lipinski definition) is 2. The fourth-order valence-corrected chi connectivity index (χ4v) is 7.10. The largest absolute Gasteiger partial charge is 0.305 e. The van der Waals surface area contributed by atoms with Gasteiger partial charge in [0.25, 0.3) is 0 Å². The van der Waals surface area contributed by atoms with E-state index in [0.717, 1.165) is 24.1 Å². The van der Waals surface area contributed by atoms with Crippen molar-refractivity contribution >= 4 is 0 Å².